The predicted molar refractivity (Wildman–Crippen MR) is 110 cm³/mol. The van der Waals surface area contributed by atoms with Crippen molar-refractivity contribution in [1.82, 2.24) is 14.9 Å². The first kappa shape index (κ1) is 17.6. The number of rotatable bonds is 2. The van der Waals surface area contributed by atoms with Crippen molar-refractivity contribution in [1.29, 1.82) is 0 Å². The molecule has 1 aliphatic rings. The van der Waals surface area contributed by atoms with Gasteiger partial charge in [-0.2, -0.15) is 0 Å². The molecule has 7 heteroatoms. The molecule has 0 saturated carbocycles. The molecule has 4 rings (SSSR count). The molecule has 0 saturated heterocycles. The average molecular weight is 381 g/mol. The van der Waals surface area contributed by atoms with Gasteiger partial charge in [0.1, 0.15) is 17.5 Å². The first-order valence-corrected chi connectivity index (χ1v) is 9.01. The lowest BCUT2D eigenvalue weighted by Gasteiger charge is -2.33. The van der Waals surface area contributed by atoms with E-state index in [-0.39, 0.29) is 0 Å². The molecule has 0 radical (unpaired) electrons. The summed E-state index contributed by atoms with van der Waals surface area (Å²) in [6.45, 7) is 6.12. The van der Waals surface area contributed by atoms with Crippen LogP contribution in [0.4, 0.5) is 0 Å². The number of benzene rings is 2. The van der Waals surface area contributed by atoms with Crippen LogP contribution in [0.1, 0.15) is 22.5 Å². The van der Waals surface area contributed by atoms with Crippen molar-refractivity contribution in [3.63, 3.8) is 0 Å². The van der Waals surface area contributed by atoms with Crippen LogP contribution in [-0.4, -0.2) is 15.4 Å². The van der Waals surface area contributed by atoms with Crippen LogP contribution in [-0.2, 0) is 5.79 Å². The van der Waals surface area contributed by atoms with Crippen LogP contribution < -0.4 is 16.8 Å². The maximum absolute atomic E-state index is 6.57. The Kier molecular flexibility index (Phi) is 3.98. The number of nitrogens with two attached hydrogens (primary N) is 2. The summed E-state index contributed by atoms with van der Waals surface area (Å²) in [6, 6.07) is 11.4. The maximum atomic E-state index is 6.57. The van der Waals surface area contributed by atoms with Crippen LogP contribution >= 0.6 is 11.6 Å². The van der Waals surface area contributed by atoms with Gasteiger partial charge in [-0.25, -0.2) is 9.98 Å². The van der Waals surface area contributed by atoms with E-state index in [0.717, 1.165) is 28.2 Å². The predicted octanol–water partition coefficient (Wildman–Crippen LogP) is 3.14. The first-order valence-electron chi connectivity index (χ1n) is 8.63. The summed E-state index contributed by atoms with van der Waals surface area (Å²) in [4.78, 5) is 9.11. The Morgan fingerprint density at radius 1 is 1.07 bits per heavy atom. The smallest absolute Gasteiger partial charge is 0.212 e. The van der Waals surface area contributed by atoms with Gasteiger partial charge in [0.15, 0.2) is 0 Å². The van der Waals surface area contributed by atoms with Gasteiger partial charge in [0.25, 0.3) is 0 Å². The van der Waals surface area contributed by atoms with E-state index in [0.29, 0.717) is 10.9 Å². The highest BCUT2D eigenvalue weighted by Gasteiger charge is 2.32. The molecule has 0 spiro atoms. The Labute approximate surface area is 162 Å². The Balaban J connectivity index is 1.85. The van der Waals surface area contributed by atoms with Gasteiger partial charge < -0.3 is 11.1 Å². The highest BCUT2D eigenvalue weighted by molar-refractivity contribution is 6.30. The number of aromatic nitrogens is 2. The van der Waals surface area contributed by atoms with Gasteiger partial charge in [-0.3, -0.25) is 10.3 Å². The lowest BCUT2D eigenvalue weighted by atomic mass is 10.1. The van der Waals surface area contributed by atoms with Gasteiger partial charge in [0, 0.05) is 16.7 Å². The highest BCUT2D eigenvalue weighted by atomic mass is 35.5. The number of nitrogens with one attached hydrogen (secondary N) is 1. The van der Waals surface area contributed by atoms with Crippen molar-refractivity contribution in [2.75, 3.05) is 0 Å². The standard InChI is InChI=1S/C20H21ClN6/c1-11-8-16-17(9-12(11)2)27(13(3)24-16)19-10-18(22)25-20(23,26-19)14-4-6-15(21)7-5-14/h4-10,26H,23H2,1-3H3,(H2,22,25). The van der Waals surface area contributed by atoms with E-state index in [9.17, 15) is 0 Å². The number of nitrogens with zero attached hydrogens (tertiary/aromatic N) is 3. The van der Waals surface area contributed by atoms with E-state index in [1.54, 1.807) is 18.2 Å². The Bertz CT molecular complexity index is 1110. The van der Waals surface area contributed by atoms with Crippen LogP contribution in [0.15, 0.2) is 47.5 Å². The molecule has 0 bridgehead atoms. The lowest BCUT2D eigenvalue weighted by Crippen LogP contribution is -2.52. The number of hydrogen-bond acceptors (Lipinski definition) is 5. The molecule has 0 aliphatic carbocycles. The van der Waals surface area contributed by atoms with Crippen LogP contribution in [0.2, 0.25) is 5.02 Å². The fourth-order valence-corrected chi connectivity index (χ4v) is 3.48. The second-order valence-electron chi connectivity index (χ2n) is 6.88. The van der Waals surface area contributed by atoms with E-state index < -0.39 is 5.79 Å². The number of aliphatic imine (C=N–C) groups is 1. The third kappa shape index (κ3) is 2.97. The van der Waals surface area contributed by atoms with Crippen molar-refractivity contribution in [3.05, 3.63) is 70.0 Å². The van der Waals surface area contributed by atoms with Crippen LogP contribution in [0.25, 0.3) is 16.9 Å². The molecule has 138 valence electrons. The minimum Gasteiger partial charge on any atom is -0.384 e. The van der Waals surface area contributed by atoms with Gasteiger partial charge in [-0.15, -0.1) is 0 Å². The fourth-order valence-electron chi connectivity index (χ4n) is 3.35. The monoisotopic (exact) mass is 380 g/mol. The molecule has 1 aromatic heterocycles. The summed E-state index contributed by atoms with van der Waals surface area (Å²) in [5, 5.41) is 3.95. The number of fused-ring (bicyclic) bond motifs is 1. The van der Waals surface area contributed by atoms with E-state index in [2.05, 4.69) is 36.3 Å². The van der Waals surface area contributed by atoms with Crippen molar-refractivity contribution >= 4 is 34.3 Å². The molecule has 3 aromatic rings. The fraction of sp³-hybridized carbons (Fsp3) is 0.200. The van der Waals surface area contributed by atoms with Gasteiger partial charge in [-0.1, -0.05) is 23.7 Å². The van der Waals surface area contributed by atoms with Gasteiger partial charge in [0.2, 0.25) is 5.79 Å². The zero-order valence-electron chi connectivity index (χ0n) is 15.4. The molecule has 0 amide bonds. The Morgan fingerprint density at radius 2 is 1.74 bits per heavy atom. The summed E-state index contributed by atoms with van der Waals surface area (Å²) in [7, 11) is 0. The van der Waals surface area contributed by atoms with Crippen LogP contribution in [0.3, 0.4) is 0 Å². The third-order valence-electron chi connectivity index (χ3n) is 4.87. The van der Waals surface area contributed by atoms with E-state index in [4.69, 9.17) is 28.1 Å². The first-order chi connectivity index (χ1) is 12.8. The van der Waals surface area contributed by atoms with Crippen molar-refractivity contribution < 1.29 is 0 Å². The molecule has 2 heterocycles. The number of hydrogen-bond donors (Lipinski definition) is 3. The summed E-state index contributed by atoms with van der Waals surface area (Å²) >= 11 is 6.00. The van der Waals surface area contributed by atoms with E-state index in [1.165, 1.54) is 11.1 Å². The minimum absolute atomic E-state index is 0.339. The molecule has 27 heavy (non-hydrogen) atoms. The number of aryl methyl sites for hydroxylation is 3. The average Bonchev–Trinajstić information content (AvgIpc) is 2.90. The van der Waals surface area contributed by atoms with E-state index in [1.807, 2.05) is 23.6 Å². The van der Waals surface area contributed by atoms with Gasteiger partial charge in [-0.05, 0) is 56.2 Å². The topological polar surface area (TPSA) is 94.2 Å². The molecule has 2 aromatic carbocycles. The molecular formula is C20H21ClN6. The summed E-state index contributed by atoms with van der Waals surface area (Å²) in [5.74, 6) is 0.707. The lowest BCUT2D eigenvalue weighted by molar-refractivity contribution is 0.411. The Morgan fingerprint density at radius 3 is 2.44 bits per heavy atom. The molecule has 0 fully saturated rings. The molecule has 1 aliphatic heterocycles. The molecule has 5 N–H and O–H groups in total. The zero-order valence-corrected chi connectivity index (χ0v) is 16.2. The molecule has 6 nitrogen and oxygen atoms in total. The minimum atomic E-state index is -1.19. The summed E-state index contributed by atoms with van der Waals surface area (Å²) in [6.07, 6.45) is 1.77. The summed E-state index contributed by atoms with van der Waals surface area (Å²) in [5.41, 5.74) is 17.8. The maximum Gasteiger partial charge on any atom is 0.212 e. The number of halogens is 1. The van der Waals surface area contributed by atoms with Crippen molar-refractivity contribution in [2.45, 2.75) is 26.6 Å². The van der Waals surface area contributed by atoms with Crippen molar-refractivity contribution in [3.8, 4) is 0 Å². The highest BCUT2D eigenvalue weighted by Crippen LogP contribution is 2.28. The zero-order chi connectivity index (χ0) is 19.3. The number of imidazole rings is 1. The quantitative estimate of drug-likeness (QED) is 0.636. The van der Waals surface area contributed by atoms with Crippen LogP contribution in [0, 0.1) is 20.8 Å². The van der Waals surface area contributed by atoms with E-state index >= 15 is 0 Å². The SMILES string of the molecule is Cc1cc2nc(C)n(C3=CC(N)=NC(N)(c4ccc(Cl)cc4)N3)c2cc1C. The molecular weight excluding hydrogens is 360 g/mol. The molecule has 1 unspecified atom stereocenters. The Hall–Kier alpha value is -2.83. The third-order valence-corrected chi connectivity index (χ3v) is 5.12. The largest absolute Gasteiger partial charge is 0.384 e. The van der Waals surface area contributed by atoms with Crippen molar-refractivity contribution in [2.24, 2.45) is 16.5 Å². The second-order valence-corrected chi connectivity index (χ2v) is 7.32. The number of amidine groups is 1. The van der Waals surface area contributed by atoms with Gasteiger partial charge in [0.05, 0.1) is 11.0 Å². The molecule has 1 atom stereocenters. The van der Waals surface area contributed by atoms with Gasteiger partial charge >= 0.3 is 0 Å². The van der Waals surface area contributed by atoms with Crippen LogP contribution in [0.5, 0.6) is 0 Å². The second kappa shape index (κ2) is 6.11. The normalized spacial score (nSPS) is 19.6. The summed E-state index contributed by atoms with van der Waals surface area (Å²) < 4.78 is 2.01.